The lowest BCUT2D eigenvalue weighted by Crippen LogP contribution is -2.23. The summed E-state index contributed by atoms with van der Waals surface area (Å²) in [6, 6.07) is 3.57. The number of anilines is 1. The van der Waals surface area contributed by atoms with Crippen molar-refractivity contribution in [1.29, 1.82) is 0 Å². The maximum atomic E-state index is 11.6. The van der Waals surface area contributed by atoms with Crippen LogP contribution in [0.25, 0.3) is 0 Å². The van der Waals surface area contributed by atoms with Crippen molar-refractivity contribution in [2.24, 2.45) is 0 Å². The molecule has 0 radical (unpaired) electrons. The molecule has 0 aliphatic heterocycles. The Balaban J connectivity index is 1.88. The molecule has 1 aromatic rings. The number of hydrogen-bond acceptors (Lipinski definition) is 4. The van der Waals surface area contributed by atoms with Crippen molar-refractivity contribution in [1.82, 2.24) is 10.3 Å². The number of rotatable bonds is 6. The summed E-state index contributed by atoms with van der Waals surface area (Å²) >= 11 is 1.90. The number of nitrogens with zero attached hydrogens (tertiary/aromatic N) is 1. The highest BCUT2D eigenvalue weighted by Gasteiger charge is 2.41. The minimum absolute atomic E-state index is 0.195. The van der Waals surface area contributed by atoms with Crippen LogP contribution in [0.3, 0.4) is 0 Å². The Morgan fingerprint density at radius 2 is 2.37 bits per heavy atom. The number of carbonyl (C=O) groups is 1. The maximum Gasteiger partial charge on any atom is 0.253 e. The molecule has 1 heterocycles. The SMILES string of the molecule is C#CCNC(=O)c1ccc(NCC2(SC)CC2)nc1. The topological polar surface area (TPSA) is 54.0 Å². The van der Waals surface area contributed by atoms with Crippen LogP contribution in [-0.2, 0) is 0 Å². The normalized spacial score (nSPS) is 15.4. The van der Waals surface area contributed by atoms with Crippen molar-refractivity contribution in [3.63, 3.8) is 0 Å². The summed E-state index contributed by atoms with van der Waals surface area (Å²) in [5, 5.41) is 5.92. The Kier molecular flexibility index (Phi) is 4.33. The molecule has 19 heavy (non-hydrogen) atoms. The highest BCUT2D eigenvalue weighted by atomic mass is 32.2. The molecule has 1 aliphatic rings. The first kappa shape index (κ1) is 13.8. The summed E-state index contributed by atoms with van der Waals surface area (Å²) in [5.74, 6) is 2.97. The zero-order chi connectivity index (χ0) is 13.7. The number of terminal acetylenes is 1. The highest BCUT2D eigenvalue weighted by Crippen LogP contribution is 2.46. The maximum absolute atomic E-state index is 11.6. The van der Waals surface area contributed by atoms with Crippen LogP contribution in [0.2, 0.25) is 0 Å². The number of carbonyl (C=O) groups excluding carboxylic acids is 1. The molecular formula is C14H17N3OS. The molecule has 0 bridgehead atoms. The number of hydrogen-bond donors (Lipinski definition) is 2. The van der Waals surface area contributed by atoms with Gasteiger partial charge in [0.15, 0.2) is 0 Å². The van der Waals surface area contributed by atoms with Crippen LogP contribution in [-0.4, -0.2) is 35.0 Å². The molecule has 1 aliphatic carbocycles. The van der Waals surface area contributed by atoms with E-state index in [4.69, 9.17) is 6.42 Å². The van der Waals surface area contributed by atoms with E-state index in [0.29, 0.717) is 10.3 Å². The minimum atomic E-state index is -0.195. The molecule has 0 saturated heterocycles. The number of pyridine rings is 1. The van der Waals surface area contributed by atoms with Gasteiger partial charge in [-0.1, -0.05) is 5.92 Å². The molecule has 1 saturated carbocycles. The van der Waals surface area contributed by atoms with E-state index in [1.807, 2.05) is 17.8 Å². The zero-order valence-corrected chi connectivity index (χ0v) is 11.7. The van der Waals surface area contributed by atoms with Crippen molar-refractivity contribution in [2.75, 3.05) is 24.7 Å². The Hall–Kier alpha value is -1.67. The highest BCUT2D eigenvalue weighted by molar-refractivity contribution is 8.00. The third-order valence-corrected chi connectivity index (χ3v) is 4.63. The lowest BCUT2D eigenvalue weighted by molar-refractivity contribution is 0.0958. The smallest absolute Gasteiger partial charge is 0.253 e. The van der Waals surface area contributed by atoms with E-state index < -0.39 is 0 Å². The average molecular weight is 275 g/mol. The van der Waals surface area contributed by atoms with Crippen molar-refractivity contribution >= 4 is 23.5 Å². The van der Waals surface area contributed by atoms with Crippen LogP contribution in [0.5, 0.6) is 0 Å². The van der Waals surface area contributed by atoms with Gasteiger partial charge in [0.2, 0.25) is 0 Å². The van der Waals surface area contributed by atoms with E-state index in [1.54, 1.807) is 12.3 Å². The average Bonchev–Trinajstić information content (AvgIpc) is 3.24. The van der Waals surface area contributed by atoms with E-state index in [-0.39, 0.29) is 12.5 Å². The Morgan fingerprint density at radius 3 is 2.89 bits per heavy atom. The van der Waals surface area contributed by atoms with Crippen LogP contribution >= 0.6 is 11.8 Å². The number of amides is 1. The van der Waals surface area contributed by atoms with Gasteiger partial charge in [-0.15, -0.1) is 6.42 Å². The minimum Gasteiger partial charge on any atom is -0.369 e. The number of aromatic nitrogens is 1. The number of thioether (sulfide) groups is 1. The molecule has 5 heteroatoms. The molecule has 0 aromatic carbocycles. The van der Waals surface area contributed by atoms with Gasteiger partial charge in [-0.05, 0) is 31.2 Å². The molecule has 1 fully saturated rings. The second-order valence-electron chi connectivity index (χ2n) is 4.56. The molecule has 2 N–H and O–H groups in total. The molecule has 100 valence electrons. The van der Waals surface area contributed by atoms with Crippen molar-refractivity contribution in [2.45, 2.75) is 17.6 Å². The van der Waals surface area contributed by atoms with E-state index in [1.165, 1.54) is 12.8 Å². The Bertz CT molecular complexity index is 488. The summed E-state index contributed by atoms with van der Waals surface area (Å²) in [6.45, 7) is 1.15. The summed E-state index contributed by atoms with van der Waals surface area (Å²) in [4.78, 5) is 15.9. The van der Waals surface area contributed by atoms with Crippen molar-refractivity contribution < 1.29 is 4.79 Å². The Labute approximate surface area is 117 Å². The van der Waals surface area contributed by atoms with Crippen LogP contribution in [0.1, 0.15) is 23.2 Å². The largest absolute Gasteiger partial charge is 0.369 e. The third-order valence-electron chi connectivity index (χ3n) is 3.21. The molecule has 0 atom stereocenters. The van der Waals surface area contributed by atoms with Gasteiger partial charge in [0.05, 0.1) is 12.1 Å². The number of nitrogens with one attached hydrogen (secondary N) is 2. The van der Waals surface area contributed by atoms with E-state index in [2.05, 4.69) is 27.8 Å². The predicted octanol–water partition coefficient (Wildman–Crippen LogP) is 1.75. The van der Waals surface area contributed by atoms with Gasteiger partial charge in [-0.3, -0.25) is 4.79 Å². The molecule has 2 rings (SSSR count). The van der Waals surface area contributed by atoms with Crippen LogP contribution in [0.15, 0.2) is 18.3 Å². The monoisotopic (exact) mass is 275 g/mol. The quantitative estimate of drug-likeness (QED) is 0.777. The van der Waals surface area contributed by atoms with Crippen LogP contribution < -0.4 is 10.6 Å². The van der Waals surface area contributed by atoms with Gasteiger partial charge in [0, 0.05) is 17.5 Å². The van der Waals surface area contributed by atoms with Gasteiger partial charge in [-0.2, -0.15) is 11.8 Å². The summed E-state index contributed by atoms with van der Waals surface area (Å²) in [5.41, 5.74) is 0.520. The fraction of sp³-hybridized carbons (Fsp3) is 0.429. The standard InChI is InChI=1S/C14H17N3OS/c1-3-8-15-13(18)11-4-5-12(16-9-11)17-10-14(19-2)6-7-14/h1,4-5,9H,6-8,10H2,2H3,(H,15,18)(H,16,17). The van der Waals surface area contributed by atoms with Gasteiger partial charge in [0.25, 0.3) is 5.91 Å². The van der Waals surface area contributed by atoms with Gasteiger partial charge in [0.1, 0.15) is 5.82 Å². The van der Waals surface area contributed by atoms with Crippen molar-refractivity contribution in [3.05, 3.63) is 23.9 Å². The van der Waals surface area contributed by atoms with Gasteiger partial charge >= 0.3 is 0 Å². The molecule has 0 unspecified atom stereocenters. The summed E-state index contributed by atoms with van der Waals surface area (Å²) < 4.78 is 0.393. The third kappa shape index (κ3) is 3.65. The van der Waals surface area contributed by atoms with Crippen molar-refractivity contribution in [3.8, 4) is 12.3 Å². The second-order valence-corrected chi connectivity index (χ2v) is 5.83. The van der Waals surface area contributed by atoms with E-state index in [9.17, 15) is 4.79 Å². The molecule has 1 amide bonds. The van der Waals surface area contributed by atoms with Gasteiger partial charge < -0.3 is 10.6 Å². The molecule has 0 spiro atoms. The van der Waals surface area contributed by atoms with E-state index in [0.717, 1.165) is 12.4 Å². The van der Waals surface area contributed by atoms with Gasteiger partial charge in [-0.25, -0.2) is 4.98 Å². The Morgan fingerprint density at radius 1 is 1.58 bits per heavy atom. The van der Waals surface area contributed by atoms with Crippen LogP contribution in [0, 0.1) is 12.3 Å². The molecule has 4 nitrogen and oxygen atoms in total. The first-order chi connectivity index (χ1) is 9.19. The molecular weight excluding hydrogens is 258 g/mol. The fourth-order valence-corrected chi connectivity index (χ4v) is 2.44. The summed E-state index contributed by atoms with van der Waals surface area (Å²) in [6.07, 6.45) is 11.3. The zero-order valence-electron chi connectivity index (χ0n) is 10.9. The van der Waals surface area contributed by atoms with Crippen LogP contribution in [0.4, 0.5) is 5.82 Å². The lowest BCUT2D eigenvalue weighted by atomic mass is 10.2. The second kappa shape index (κ2) is 5.98. The lowest BCUT2D eigenvalue weighted by Gasteiger charge is -2.13. The first-order valence-electron chi connectivity index (χ1n) is 6.16. The predicted molar refractivity (Wildman–Crippen MR) is 79.4 cm³/mol. The fourth-order valence-electron chi connectivity index (χ4n) is 1.71. The summed E-state index contributed by atoms with van der Waals surface area (Å²) in [7, 11) is 0. The van der Waals surface area contributed by atoms with E-state index >= 15 is 0 Å². The first-order valence-corrected chi connectivity index (χ1v) is 7.38. The molecule has 1 aromatic heterocycles.